The molecule has 0 radical (unpaired) electrons. The second-order valence-corrected chi connectivity index (χ2v) is 6.97. The van der Waals surface area contributed by atoms with E-state index < -0.39 is 0 Å². The average Bonchev–Trinajstić information content (AvgIpc) is 2.80. The summed E-state index contributed by atoms with van der Waals surface area (Å²) in [7, 11) is 2.14. The average molecular weight is 296 g/mol. The van der Waals surface area contributed by atoms with Gasteiger partial charge in [-0.05, 0) is 44.3 Å². The number of aromatic amines is 1. The van der Waals surface area contributed by atoms with Gasteiger partial charge in [0.1, 0.15) is 0 Å². The molecule has 0 bridgehead atoms. The Labute approximate surface area is 127 Å². The van der Waals surface area contributed by atoms with Crippen LogP contribution in [-0.4, -0.2) is 27.9 Å². The van der Waals surface area contributed by atoms with Gasteiger partial charge in [-0.15, -0.1) is 5.10 Å². The van der Waals surface area contributed by atoms with E-state index in [9.17, 15) is 0 Å². The van der Waals surface area contributed by atoms with Crippen LogP contribution in [0.3, 0.4) is 0 Å². The minimum Gasteiger partial charge on any atom is -0.341 e. The van der Waals surface area contributed by atoms with Gasteiger partial charge in [0, 0.05) is 19.1 Å². The Bertz CT molecular complexity index is 470. The van der Waals surface area contributed by atoms with E-state index in [1.54, 1.807) is 0 Å². The van der Waals surface area contributed by atoms with Crippen molar-refractivity contribution in [3.63, 3.8) is 0 Å². The summed E-state index contributed by atoms with van der Waals surface area (Å²) in [5.74, 6) is 1.70. The number of aromatic nitrogens is 3. The summed E-state index contributed by atoms with van der Waals surface area (Å²) < 4.78 is 3.03. The summed E-state index contributed by atoms with van der Waals surface area (Å²) in [6.07, 6.45) is 7.60. The van der Waals surface area contributed by atoms with E-state index in [2.05, 4.69) is 47.5 Å². The molecule has 1 unspecified atom stereocenters. The van der Waals surface area contributed by atoms with Crippen molar-refractivity contribution in [3.8, 4) is 0 Å². The fraction of sp³-hybridized carbons (Fsp3) is 0.867. The van der Waals surface area contributed by atoms with Crippen LogP contribution in [-0.2, 0) is 0 Å². The van der Waals surface area contributed by atoms with Crippen molar-refractivity contribution in [3.05, 3.63) is 4.77 Å². The van der Waals surface area contributed by atoms with E-state index in [1.165, 1.54) is 38.5 Å². The molecule has 1 aliphatic carbocycles. The first-order valence-corrected chi connectivity index (χ1v) is 8.31. The predicted octanol–water partition coefficient (Wildman–Crippen LogP) is 4.32. The monoisotopic (exact) mass is 296 g/mol. The molecule has 4 nitrogen and oxygen atoms in total. The molecule has 0 saturated heterocycles. The van der Waals surface area contributed by atoms with Crippen molar-refractivity contribution in [2.24, 2.45) is 5.92 Å². The fourth-order valence-electron chi connectivity index (χ4n) is 3.25. The van der Waals surface area contributed by atoms with Gasteiger partial charge in [0.2, 0.25) is 5.95 Å². The van der Waals surface area contributed by atoms with Crippen molar-refractivity contribution in [2.45, 2.75) is 71.4 Å². The van der Waals surface area contributed by atoms with Crippen molar-refractivity contribution >= 4 is 18.2 Å². The predicted molar refractivity (Wildman–Crippen MR) is 86.9 cm³/mol. The number of rotatable bonds is 5. The second-order valence-electron chi connectivity index (χ2n) is 6.58. The normalized spacial score (nSPS) is 18.4. The minimum atomic E-state index is 0.475. The van der Waals surface area contributed by atoms with Gasteiger partial charge in [0.15, 0.2) is 4.77 Å². The van der Waals surface area contributed by atoms with Crippen molar-refractivity contribution in [1.29, 1.82) is 0 Å². The number of anilines is 1. The zero-order valence-corrected chi connectivity index (χ0v) is 14.0. The van der Waals surface area contributed by atoms with Gasteiger partial charge >= 0.3 is 0 Å². The topological polar surface area (TPSA) is 36.9 Å². The largest absolute Gasteiger partial charge is 0.341 e. The van der Waals surface area contributed by atoms with Gasteiger partial charge in [0.05, 0.1) is 0 Å². The highest BCUT2D eigenvalue weighted by Gasteiger charge is 2.23. The third-order valence-corrected chi connectivity index (χ3v) is 4.70. The molecule has 0 aromatic carbocycles. The molecule has 114 valence electrons. The maximum absolute atomic E-state index is 5.47. The van der Waals surface area contributed by atoms with Crippen LogP contribution in [0.2, 0.25) is 0 Å². The lowest BCUT2D eigenvalue weighted by Gasteiger charge is -2.31. The molecule has 20 heavy (non-hydrogen) atoms. The quantitative estimate of drug-likeness (QED) is 0.822. The van der Waals surface area contributed by atoms with Crippen LogP contribution in [0.1, 0.15) is 65.3 Å². The molecule has 1 saturated carbocycles. The molecule has 1 N–H and O–H groups in total. The summed E-state index contributed by atoms with van der Waals surface area (Å²) in [6.45, 7) is 6.80. The molecule has 1 aromatic rings. The molecule has 1 aromatic heterocycles. The molecule has 0 amide bonds. The summed E-state index contributed by atoms with van der Waals surface area (Å²) in [6, 6.07) is 1.00. The molecular formula is C15H28N4S. The lowest BCUT2D eigenvalue weighted by molar-refractivity contribution is 0.348. The van der Waals surface area contributed by atoms with Crippen molar-refractivity contribution < 1.29 is 0 Å². The van der Waals surface area contributed by atoms with Gasteiger partial charge in [-0.3, -0.25) is 4.57 Å². The number of hydrogen-bond acceptors (Lipinski definition) is 3. The van der Waals surface area contributed by atoms with Gasteiger partial charge in [-0.1, -0.05) is 33.1 Å². The molecule has 0 aliphatic heterocycles. The number of nitrogens with one attached hydrogen (secondary N) is 1. The van der Waals surface area contributed by atoms with E-state index in [0.717, 1.165) is 10.7 Å². The zero-order valence-electron chi connectivity index (χ0n) is 13.2. The standard InChI is InChI=1S/C15H28N4S/c1-11(2)10-12(3)18(4)14-16-17-15(20)19(14)13-8-6-5-7-9-13/h11-13H,5-10H2,1-4H3,(H,17,20). The summed E-state index contributed by atoms with van der Waals surface area (Å²) >= 11 is 5.47. The van der Waals surface area contributed by atoms with E-state index in [0.29, 0.717) is 18.0 Å². The third-order valence-electron chi connectivity index (χ3n) is 4.41. The summed E-state index contributed by atoms with van der Waals surface area (Å²) in [5.41, 5.74) is 0. The Morgan fingerprint density at radius 3 is 2.55 bits per heavy atom. The second kappa shape index (κ2) is 6.74. The van der Waals surface area contributed by atoms with E-state index >= 15 is 0 Å². The van der Waals surface area contributed by atoms with Gasteiger partial charge < -0.3 is 4.90 Å². The molecule has 2 rings (SSSR count). The Balaban J connectivity index is 2.21. The zero-order chi connectivity index (χ0) is 14.7. The first-order chi connectivity index (χ1) is 9.50. The molecule has 1 aliphatic rings. The first kappa shape index (κ1) is 15.5. The van der Waals surface area contributed by atoms with Crippen LogP contribution in [0.25, 0.3) is 0 Å². The van der Waals surface area contributed by atoms with Crippen LogP contribution in [0.15, 0.2) is 0 Å². The smallest absolute Gasteiger partial charge is 0.225 e. The van der Waals surface area contributed by atoms with E-state index in [-0.39, 0.29) is 0 Å². The molecule has 5 heteroatoms. The third kappa shape index (κ3) is 3.43. The SMILES string of the molecule is CC(C)CC(C)N(C)c1n[nH]c(=S)n1C1CCCCC1. The Morgan fingerprint density at radius 2 is 1.95 bits per heavy atom. The highest BCUT2D eigenvalue weighted by molar-refractivity contribution is 7.71. The molecular weight excluding hydrogens is 268 g/mol. The van der Waals surface area contributed by atoms with E-state index in [1.807, 2.05) is 0 Å². The molecule has 1 heterocycles. The number of H-pyrrole nitrogens is 1. The van der Waals surface area contributed by atoms with Crippen LogP contribution < -0.4 is 4.90 Å². The fourth-order valence-corrected chi connectivity index (χ4v) is 3.53. The van der Waals surface area contributed by atoms with Gasteiger partial charge in [-0.2, -0.15) is 0 Å². The summed E-state index contributed by atoms with van der Waals surface area (Å²) in [5, 5.41) is 7.49. The van der Waals surface area contributed by atoms with E-state index in [4.69, 9.17) is 12.2 Å². The lowest BCUT2D eigenvalue weighted by Crippen LogP contribution is -2.33. The highest BCUT2D eigenvalue weighted by Crippen LogP contribution is 2.31. The maximum atomic E-state index is 5.47. The van der Waals surface area contributed by atoms with Crippen molar-refractivity contribution in [2.75, 3.05) is 11.9 Å². The number of nitrogens with zero attached hydrogens (tertiary/aromatic N) is 3. The van der Waals surface area contributed by atoms with Crippen LogP contribution in [0.5, 0.6) is 0 Å². The Kier molecular flexibility index (Phi) is 5.24. The maximum Gasteiger partial charge on any atom is 0.225 e. The van der Waals surface area contributed by atoms with Crippen LogP contribution >= 0.6 is 12.2 Å². The number of hydrogen-bond donors (Lipinski definition) is 1. The molecule has 0 spiro atoms. The van der Waals surface area contributed by atoms with Crippen molar-refractivity contribution in [1.82, 2.24) is 14.8 Å². The molecule has 1 fully saturated rings. The summed E-state index contributed by atoms with van der Waals surface area (Å²) in [4.78, 5) is 2.28. The minimum absolute atomic E-state index is 0.475. The first-order valence-electron chi connectivity index (χ1n) is 7.90. The highest BCUT2D eigenvalue weighted by atomic mass is 32.1. The van der Waals surface area contributed by atoms with Crippen LogP contribution in [0.4, 0.5) is 5.95 Å². The van der Waals surface area contributed by atoms with Gasteiger partial charge in [-0.25, -0.2) is 5.10 Å². The van der Waals surface area contributed by atoms with Crippen LogP contribution in [0, 0.1) is 10.7 Å². The Morgan fingerprint density at radius 1 is 1.30 bits per heavy atom. The van der Waals surface area contributed by atoms with Gasteiger partial charge in [0.25, 0.3) is 0 Å². The Hall–Kier alpha value is -0.840. The lowest BCUT2D eigenvalue weighted by atomic mass is 9.95. The molecule has 1 atom stereocenters.